The summed E-state index contributed by atoms with van der Waals surface area (Å²) in [7, 11) is 0. The Bertz CT molecular complexity index is 1590. The van der Waals surface area contributed by atoms with Crippen LogP contribution < -0.4 is 10.1 Å². The number of aromatic nitrogens is 2. The van der Waals surface area contributed by atoms with Gasteiger partial charge in [0.1, 0.15) is 12.0 Å². The maximum atomic E-state index is 13.5. The summed E-state index contributed by atoms with van der Waals surface area (Å²) in [6.45, 7) is 27.0. The molecule has 0 saturated heterocycles. The Morgan fingerprint density at radius 3 is 2.40 bits per heavy atom. The number of alkyl halides is 1. The Balaban J connectivity index is 1.15. The monoisotopic (exact) mass is 827 g/mol. The third-order valence-corrected chi connectivity index (χ3v) is 17.8. The predicted octanol–water partition coefficient (Wildman–Crippen LogP) is 10.8. The van der Waals surface area contributed by atoms with Gasteiger partial charge < -0.3 is 14.8 Å². The van der Waals surface area contributed by atoms with Gasteiger partial charge >= 0.3 is 5.97 Å². The molecule has 2 N–H and O–H groups in total. The molecule has 290 valence electrons. The summed E-state index contributed by atoms with van der Waals surface area (Å²) in [5, 5.41) is 7.35. The van der Waals surface area contributed by atoms with E-state index in [4.69, 9.17) is 9.47 Å². The van der Waals surface area contributed by atoms with Gasteiger partial charge in [-0.3, -0.25) is 14.6 Å². The van der Waals surface area contributed by atoms with Gasteiger partial charge in [-0.05, 0) is 160 Å². The van der Waals surface area contributed by atoms with Gasteiger partial charge in [-0.2, -0.15) is 0 Å². The van der Waals surface area contributed by atoms with Gasteiger partial charge in [-0.25, -0.2) is 0 Å². The van der Waals surface area contributed by atoms with Gasteiger partial charge in [0.2, 0.25) is 5.88 Å². The van der Waals surface area contributed by atoms with E-state index in [9.17, 15) is 4.79 Å². The van der Waals surface area contributed by atoms with Crippen LogP contribution in [0.15, 0.2) is 41.6 Å². The quantitative estimate of drug-likeness (QED) is 0.101. The lowest BCUT2D eigenvalue weighted by Gasteiger charge is -2.72. The molecule has 7 heteroatoms. The van der Waals surface area contributed by atoms with E-state index in [-0.39, 0.29) is 11.4 Å². The van der Waals surface area contributed by atoms with E-state index in [2.05, 4.69) is 100 Å². The van der Waals surface area contributed by atoms with Crippen LogP contribution in [0, 0.1) is 56.7 Å². The minimum Gasteiger partial charge on any atom is -0.476 e. The van der Waals surface area contributed by atoms with Gasteiger partial charge in [0.15, 0.2) is 0 Å². The molecule has 1 heterocycles. The maximum Gasteiger partial charge on any atom is 0.315 e. The lowest BCUT2D eigenvalue weighted by molar-refractivity contribution is -0.221. The van der Waals surface area contributed by atoms with Crippen molar-refractivity contribution >= 4 is 28.6 Å². The van der Waals surface area contributed by atoms with E-state index in [1.807, 2.05) is 17.8 Å². The van der Waals surface area contributed by atoms with Crippen molar-refractivity contribution in [2.24, 2.45) is 56.7 Å². The predicted molar refractivity (Wildman–Crippen MR) is 221 cm³/mol. The minimum absolute atomic E-state index is 0.0873. The van der Waals surface area contributed by atoms with Crippen molar-refractivity contribution in [3.8, 4) is 5.88 Å². The molecule has 4 fully saturated rings. The number of hydrogen-bond acceptors (Lipinski definition) is 4. The second-order valence-electron chi connectivity index (χ2n) is 19.6. The van der Waals surface area contributed by atoms with Gasteiger partial charge in [0, 0.05) is 23.1 Å². The van der Waals surface area contributed by atoms with Crippen LogP contribution in [0.2, 0.25) is 0 Å². The number of hydrogen-bond donors (Lipinski definition) is 2. The highest BCUT2D eigenvalue weighted by Gasteiger charge is 2.70. The van der Waals surface area contributed by atoms with Crippen LogP contribution in [0.1, 0.15) is 132 Å². The summed E-state index contributed by atoms with van der Waals surface area (Å²) in [6, 6.07) is 0. The number of aromatic amines is 1. The molecule has 6 nitrogen and oxygen atoms in total. The highest BCUT2D eigenvalue weighted by molar-refractivity contribution is 14.1. The average Bonchev–Trinajstić information content (AvgIpc) is 3.48. The first kappa shape index (κ1) is 38.8. The van der Waals surface area contributed by atoms with Crippen LogP contribution in [0.5, 0.6) is 5.88 Å². The Morgan fingerprint density at radius 2 is 1.77 bits per heavy atom. The molecule has 0 radical (unpaired) electrons. The molecule has 52 heavy (non-hydrogen) atoms. The molecule has 0 spiro atoms. The molecule has 10 atom stereocenters. The number of ether oxygens (including phenoxy) is 2. The fourth-order valence-corrected chi connectivity index (χ4v) is 14.8. The number of carbonyl (C=O) groups is 1. The Kier molecular flexibility index (Phi) is 10.4. The molecule has 4 saturated carbocycles. The van der Waals surface area contributed by atoms with Gasteiger partial charge in [-0.1, -0.05) is 81.5 Å². The second kappa shape index (κ2) is 13.9. The lowest BCUT2D eigenvalue weighted by atomic mass is 9.33. The molecule has 6 aliphatic carbocycles. The van der Waals surface area contributed by atoms with Crippen LogP contribution in [0.4, 0.5) is 0 Å². The number of nitrogens with zero attached hydrogens (tertiary/aromatic N) is 1. The zero-order valence-corrected chi connectivity index (χ0v) is 36.1. The Morgan fingerprint density at radius 1 is 0.981 bits per heavy atom. The third-order valence-electron chi connectivity index (χ3n) is 17.3. The molecule has 5 unspecified atom stereocenters. The molecule has 0 bridgehead atoms. The summed E-state index contributed by atoms with van der Waals surface area (Å²) in [4.78, 5) is 13.5. The van der Waals surface area contributed by atoms with Crippen molar-refractivity contribution in [3.05, 3.63) is 41.6 Å². The second-order valence-corrected chi connectivity index (χ2v) is 20.7. The normalized spacial score (nSPS) is 42.2. The number of halogens is 1. The van der Waals surface area contributed by atoms with E-state index >= 15 is 0 Å². The number of allylic oxidation sites excluding steroid dienone is 5. The zero-order valence-electron chi connectivity index (χ0n) is 33.9. The first-order chi connectivity index (χ1) is 24.7. The van der Waals surface area contributed by atoms with E-state index in [1.165, 1.54) is 73.4 Å². The number of aryl methyl sites for hydroxylation is 1. The van der Waals surface area contributed by atoms with Crippen molar-refractivity contribution < 1.29 is 14.3 Å². The molecule has 1 aromatic rings. The standard InChI is InChI=1S/C45H70IN3O3/c1-10-49-37(28-48-49)52-29-44(39(50)51-11-2)21-14-31(15-22-44)33-17-19-41(7)35(40(33,5)6)18-20-43(9)36(41)13-12-34-38-32(30(3)4)16-23-45(38,47-27-26-46)25-24-42(34,43)8/h14,17,28,32,34-36,38,47-48H,3,10-13,15-16,18-27,29H2,1-2,4-9H3/t32-,34?,35?,36?,38?,41-,42+,43+,44?,45-/m0/s1. The van der Waals surface area contributed by atoms with Crippen LogP contribution in [-0.2, 0) is 16.1 Å². The molecular formula is C45H70IN3O3. The number of rotatable bonds is 11. The van der Waals surface area contributed by atoms with Crippen LogP contribution in [0.25, 0.3) is 0 Å². The summed E-state index contributed by atoms with van der Waals surface area (Å²) in [5.74, 6) is 4.24. The SMILES string of the molecule is C=C(C)[C@@H]1CC[C@]2(NCCI)CC[C@]3(C)C(CCC4[C@@]5(C)CC=C(C6=CCC(COc7c[nH]n7CC)(C(=O)OCC)CC6)C(C)(C)C5CC[C@]43C)C12. The summed E-state index contributed by atoms with van der Waals surface area (Å²) < 4.78 is 15.1. The number of carbonyl (C=O) groups excluding carboxylic acids is 1. The zero-order chi connectivity index (χ0) is 37.3. The first-order valence-corrected chi connectivity index (χ1v) is 22.6. The Labute approximate surface area is 329 Å². The van der Waals surface area contributed by atoms with E-state index < -0.39 is 5.41 Å². The van der Waals surface area contributed by atoms with Crippen LogP contribution >= 0.6 is 22.6 Å². The van der Waals surface area contributed by atoms with E-state index in [0.717, 1.165) is 49.6 Å². The summed E-state index contributed by atoms with van der Waals surface area (Å²) in [5.41, 5.74) is 5.20. The fourth-order valence-electron chi connectivity index (χ4n) is 14.5. The number of esters is 1. The molecule has 1 aromatic heterocycles. The number of nitrogens with one attached hydrogen (secondary N) is 2. The van der Waals surface area contributed by atoms with Gasteiger partial charge in [0.05, 0.1) is 12.8 Å². The Hall–Kier alpha value is -1.48. The van der Waals surface area contributed by atoms with Crippen LogP contribution in [0.3, 0.4) is 0 Å². The molecule has 0 aliphatic heterocycles. The van der Waals surface area contributed by atoms with Gasteiger partial charge in [0.25, 0.3) is 0 Å². The average molecular weight is 828 g/mol. The molecule has 0 amide bonds. The van der Waals surface area contributed by atoms with Gasteiger partial charge in [-0.15, -0.1) is 0 Å². The lowest BCUT2D eigenvalue weighted by Crippen LogP contribution is -2.68. The first-order valence-electron chi connectivity index (χ1n) is 21.1. The van der Waals surface area contributed by atoms with E-state index in [1.54, 1.807) is 5.57 Å². The maximum absolute atomic E-state index is 13.5. The highest BCUT2D eigenvalue weighted by atomic mass is 127. The largest absolute Gasteiger partial charge is 0.476 e. The van der Waals surface area contributed by atoms with Crippen molar-refractivity contribution in [2.75, 3.05) is 24.2 Å². The van der Waals surface area contributed by atoms with Crippen molar-refractivity contribution in [1.82, 2.24) is 15.1 Å². The fraction of sp³-hybridized carbons (Fsp3) is 0.800. The summed E-state index contributed by atoms with van der Waals surface area (Å²) in [6.07, 6.45) is 21.2. The smallest absolute Gasteiger partial charge is 0.315 e. The number of fused-ring (bicyclic) bond motifs is 7. The minimum atomic E-state index is -0.643. The van der Waals surface area contributed by atoms with Crippen molar-refractivity contribution in [3.63, 3.8) is 0 Å². The summed E-state index contributed by atoms with van der Waals surface area (Å²) >= 11 is 2.56. The van der Waals surface area contributed by atoms with E-state index in [0.29, 0.717) is 53.3 Å². The number of H-pyrrole nitrogens is 1. The van der Waals surface area contributed by atoms with Crippen molar-refractivity contribution in [1.29, 1.82) is 0 Å². The molecule has 0 aromatic carbocycles. The molecular weight excluding hydrogens is 757 g/mol. The van der Waals surface area contributed by atoms with Crippen molar-refractivity contribution in [2.45, 2.75) is 145 Å². The third kappa shape index (κ3) is 5.71. The van der Waals surface area contributed by atoms with Crippen LogP contribution in [-0.4, -0.2) is 45.5 Å². The molecule has 6 aliphatic rings. The highest BCUT2D eigenvalue weighted by Crippen LogP contribution is 2.76. The molecule has 7 rings (SSSR count). The topological polar surface area (TPSA) is 68.3 Å².